The van der Waals surface area contributed by atoms with Crippen LogP contribution in [0.2, 0.25) is 0 Å². The molecular formula is C26H21N3O4. The maximum Gasteiger partial charge on any atom is 0.274 e. The summed E-state index contributed by atoms with van der Waals surface area (Å²) < 4.78 is 1.21. The zero-order valence-corrected chi connectivity index (χ0v) is 17.9. The second kappa shape index (κ2) is 8.11. The lowest BCUT2D eigenvalue weighted by Gasteiger charge is -2.19. The molecule has 0 bridgehead atoms. The van der Waals surface area contributed by atoms with Gasteiger partial charge in [-0.05, 0) is 25.1 Å². The van der Waals surface area contributed by atoms with Gasteiger partial charge in [0, 0.05) is 10.9 Å². The average Bonchev–Trinajstić information content (AvgIpc) is 3.06. The minimum absolute atomic E-state index is 0.157. The van der Waals surface area contributed by atoms with Crippen LogP contribution in [0.15, 0.2) is 77.6 Å². The van der Waals surface area contributed by atoms with Crippen molar-refractivity contribution in [1.82, 2.24) is 14.7 Å². The fraction of sp³-hybridized carbons (Fsp3) is 0.154. The molecule has 1 aromatic heterocycles. The second-order valence-corrected chi connectivity index (χ2v) is 8.17. The molecule has 4 aromatic rings. The Morgan fingerprint density at radius 2 is 1.36 bits per heavy atom. The second-order valence-electron chi connectivity index (χ2n) is 8.17. The molecule has 1 N–H and O–H groups in total. The molecule has 1 aliphatic rings. The van der Waals surface area contributed by atoms with Gasteiger partial charge in [0.15, 0.2) is 0 Å². The lowest BCUT2D eigenvalue weighted by atomic mass is 10.0. The molecule has 33 heavy (non-hydrogen) atoms. The van der Waals surface area contributed by atoms with E-state index in [9.17, 15) is 19.5 Å². The summed E-state index contributed by atoms with van der Waals surface area (Å²) in [4.78, 5) is 39.3. The number of benzene rings is 3. The van der Waals surface area contributed by atoms with Gasteiger partial charge in [0.2, 0.25) is 0 Å². The van der Waals surface area contributed by atoms with Crippen LogP contribution in [-0.2, 0) is 6.54 Å². The number of aryl methyl sites for hydroxylation is 1. The van der Waals surface area contributed by atoms with E-state index in [0.717, 1.165) is 21.4 Å². The highest BCUT2D eigenvalue weighted by atomic mass is 16.3. The molecule has 0 fully saturated rings. The Bertz CT molecular complexity index is 1420. The number of β-amino-alcohol motifs (C(OH)–C–C–N with tert-alkyl or cyclic N) is 1. The number of hydrogen-bond acceptors (Lipinski definition) is 5. The van der Waals surface area contributed by atoms with Crippen molar-refractivity contribution in [3.8, 4) is 11.3 Å². The van der Waals surface area contributed by atoms with Crippen molar-refractivity contribution in [3.05, 3.63) is 99.8 Å². The third-order valence-electron chi connectivity index (χ3n) is 5.85. The molecule has 5 rings (SSSR count). The number of hydrogen-bond donors (Lipinski definition) is 1. The maximum absolute atomic E-state index is 13.1. The van der Waals surface area contributed by atoms with E-state index in [1.165, 1.54) is 4.68 Å². The topological polar surface area (TPSA) is 92.5 Å². The number of aliphatic hydroxyl groups is 1. The van der Waals surface area contributed by atoms with E-state index in [4.69, 9.17) is 0 Å². The van der Waals surface area contributed by atoms with Crippen molar-refractivity contribution in [2.24, 2.45) is 0 Å². The molecule has 0 saturated heterocycles. The summed E-state index contributed by atoms with van der Waals surface area (Å²) in [5, 5.41) is 16.5. The monoisotopic (exact) mass is 439 g/mol. The van der Waals surface area contributed by atoms with E-state index in [-0.39, 0.29) is 18.6 Å². The van der Waals surface area contributed by atoms with Gasteiger partial charge in [-0.25, -0.2) is 4.68 Å². The van der Waals surface area contributed by atoms with Gasteiger partial charge in [-0.1, -0.05) is 60.2 Å². The first-order valence-electron chi connectivity index (χ1n) is 10.6. The zero-order chi connectivity index (χ0) is 23.1. The van der Waals surface area contributed by atoms with Gasteiger partial charge < -0.3 is 5.11 Å². The van der Waals surface area contributed by atoms with E-state index in [1.54, 1.807) is 36.4 Å². The molecule has 7 nitrogen and oxygen atoms in total. The Morgan fingerprint density at radius 3 is 2.00 bits per heavy atom. The van der Waals surface area contributed by atoms with Crippen LogP contribution in [0.4, 0.5) is 0 Å². The molecule has 0 radical (unpaired) electrons. The molecule has 1 aliphatic heterocycles. The van der Waals surface area contributed by atoms with Crippen LogP contribution in [0.1, 0.15) is 26.3 Å². The molecule has 2 heterocycles. The molecule has 7 heteroatoms. The van der Waals surface area contributed by atoms with E-state index >= 15 is 0 Å². The van der Waals surface area contributed by atoms with Crippen LogP contribution >= 0.6 is 0 Å². The predicted molar refractivity (Wildman–Crippen MR) is 124 cm³/mol. The molecule has 3 aromatic carbocycles. The molecule has 0 aliphatic carbocycles. The largest absolute Gasteiger partial charge is 0.389 e. The van der Waals surface area contributed by atoms with Crippen molar-refractivity contribution in [2.45, 2.75) is 19.6 Å². The summed E-state index contributed by atoms with van der Waals surface area (Å²) in [5.74, 6) is -0.900. The minimum Gasteiger partial charge on any atom is -0.389 e. The van der Waals surface area contributed by atoms with E-state index in [2.05, 4.69) is 5.10 Å². The lowest BCUT2D eigenvalue weighted by molar-refractivity contribution is 0.0513. The molecule has 1 unspecified atom stereocenters. The summed E-state index contributed by atoms with van der Waals surface area (Å²) in [7, 11) is 0. The first-order valence-corrected chi connectivity index (χ1v) is 10.6. The Balaban J connectivity index is 1.47. The molecule has 1 atom stereocenters. The van der Waals surface area contributed by atoms with Crippen LogP contribution in [0.5, 0.6) is 0 Å². The first kappa shape index (κ1) is 20.8. The number of aliphatic hydroxyl groups excluding tert-OH is 1. The number of imide groups is 1. The number of fused-ring (bicyclic) bond motifs is 2. The normalized spacial score (nSPS) is 14.1. The number of rotatable bonds is 5. The van der Waals surface area contributed by atoms with Gasteiger partial charge >= 0.3 is 0 Å². The average molecular weight is 439 g/mol. The predicted octanol–water partition coefficient (Wildman–Crippen LogP) is 3.03. The highest BCUT2D eigenvalue weighted by molar-refractivity contribution is 6.21. The summed E-state index contributed by atoms with van der Waals surface area (Å²) >= 11 is 0. The van der Waals surface area contributed by atoms with Crippen LogP contribution < -0.4 is 5.56 Å². The van der Waals surface area contributed by atoms with E-state index in [0.29, 0.717) is 22.2 Å². The third-order valence-corrected chi connectivity index (χ3v) is 5.85. The van der Waals surface area contributed by atoms with Gasteiger partial charge in [0.25, 0.3) is 17.4 Å². The number of carbonyl (C=O) groups is 2. The third kappa shape index (κ3) is 3.62. The lowest BCUT2D eigenvalue weighted by Crippen LogP contribution is -2.40. The Kier molecular flexibility index (Phi) is 5.11. The number of nitrogens with zero attached hydrogens (tertiary/aromatic N) is 3. The van der Waals surface area contributed by atoms with Gasteiger partial charge in [-0.3, -0.25) is 19.3 Å². The van der Waals surface area contributed by atoms with Crippen molar-refractivity contribution >= 4 is 22.6 Å². The van der Waals surface area contributed by atoms with E-state index < -0.39 is 17.9 Å². The van der Waals surface area contributed by atoms with E-state index in [1.807, 2.05) is 43.3 Å². The molecule has 164 valence electrons. The van der Waals surface area contributed by atoms with Crippen molar-refractivity contribution in [2.75, 3.05) is 6.54 Å². The SMILES string of the molecule is Cc1ccc(-c2nn(CC(O)CN3C(=O)c4ccccc4C3=O)c(=O)c3ccccc23)cc1. The quantitative estimate of drug-likeness (QED) is 0.483. The Labute approximate surface area is 189 Å². The smallest absolute Gasteiger partial charge is 0.274 e. The van der Waals surface area contributed by atoms with Crippen molar-refractivity contribution in [3.63, 3.8) is 0 Å². The van der Waals surface area contributed by atoms with Crippen molar-refractivity contribution < 1.29 is 14.7 Å². The summed E-state index contributed by atoms with van der Waals surface area (Å²) in [6, 6.07) is 21.6. The number of carbonyl (C=O) groups excluding carboxylic acids is 2. The Morgan fingerprint density at radius 1 is 0.788 bits per heavy atom. The summed E-state index contributed by atoms with van der Waals surface area (Å²) in [5.41, 5.74) is 2.86. The highest BCUT2D eigenvalue weighted by Gasteiger charge is 2.36. The van der Waals surface area contributed by atoms with Gasteiger partial charge in [0.1, 0.15) is 0 Å². The molecule has 0 spiro atoms. The molecular weight excluding hydrogens is 418 g/mol. The summed E-state index contributed by atoms with van der Waals surface area (Å²) in [6.45, 7) is 1.61. The maximum atomic E-state index is 13.1. The minimum atomic E-state index is -1.16. The molecule has 2 amide bonds. The number of aromatic nitrogens is 2. The van der Waals surface area contributed by atoms with Crippen molar-refractivity contribution in [1.29, 1.82) is 0 Å². The van der Waals surface area contributed by atoms with Crippen LogP contribution in [-0.4, -0.2) is 44.3 Å². The summed E-state index contributed by atoms with van der Waals surface area (Å²) in [6.07, 6.45) is -1.16. The van der Waals surface area contributed by atoms with Gasteiger partial charge in [-0.15, -0.1) is 0 Å². The Hall–Kier alpha value is -4.10. The zero-order valence-electron chi connectivity index (χ0n) is 17.9. The van der Waals surface area contributed by atoms with Crippen LogP contribution in [0.25, 0.3) is 22.0 Å². The number of amides is 2. The fourth-order valence-electron chi connectivity index (χ4n) is 4.16. The highest BCUT2D eigenvalue weighted by Crippen LogP contribution is 2.25. The first-order chi connectivity index (χ1) is 15.9. The standard InChI is InChI=1S/C26H21N3O4/c1-16-10-12-17(13-11-16)23-19-6-2-3-7-20(19)26(33)29(27-23)15-18(30)14-28-24(31)21-8-4-5-9-22(21)25(28)32/h2-13,18,30H,14-15H2,1H3. The van der Waals surface area contributed by atoms with Crippen LogP contribution in [0, 0.1) is 6.92 Å². The molecule has 0 saturated carbocycles. The van der Waals surface area contributed by atoms with Gasteiger partial charge in [0.05, 0.1) is 41.4 Å². The fourth-order valence-corrected chi connectivity index (χ4v) is 4.16. The van der Waals surface area contributed by atoms with Gasteiger partial charge in [-0.2, -0.15) is 5.10 Å². The van der Waals surface area contributed by atoms with Crippen LogP contribution in [0.3, 0.4) is 0 Å².